The summed E-state index contributed by atoms with van der Waals surface area (Å²) in [4.78, 5) is 54.1. The van der Waals surface area contributed by atoms with Crippen LogP contribution in [-0.4, -0.2) is 45.0 Å². The Bertz CT molecular complexity index is 2000. The van der Waals surface area contributed by atoms with Crippen molar-refractivity contribution in [2.45, 2.75) is 44.3 Å². The number of rotatable bonds is 12. The summed E-state index contributed by atoms with van der Waals surface area (Å²) < 4.78 is 0. The van der Waals surface area contributed by atoms with E-state index in [4.69, 9.17) is 0 Å². The highest BCUT2D eigenvalue weighted by Gasteiger charge is 2.39. The van der Waals surface area contributed by atoms with Gasteiger partial charge in [-0.05, 0) is 71.2 Å². The van der Waals surface area contributed by atoms with Crippen molar-refractivity contribution in [3.8, 4) is 0 Å². The van der Waals surface area contributed by atoms with Crippen LogP contribution in [-0.2, 0) is 30.6 Å². The SMILES string of the molecule is O=C(Nc1ccc(C(=O)O)c(C(=O)O)c1)NC(Cc1ccccc1)C(=O)N(Cc1ccccc1)[C@@H]1c2ccccc2CC[C@H]1Cc1ccccc1. The molecule has 6 rings (SSSR count). The molecule has 9 nitrogen and oxygen atoms in total. The maximum absolute atomic E-state index is 15.2. The number of anilines is 1. The molecule has 1 aliphatic rings. The molecule has 0 fully saturated rings. The van der Waals surface area contributed by atoms with Crippen LogP contribution in [0.25, 0.3) is 0 Å². The number of carboxylic acid groups (broad SMARTS) is 2. The van der Waals surface area contributed by atoms with E-state index in [9.17, 15) is 24.6 Å². The van der Waals surface area contributed by atoms with Crippen molar-refractivity contribution < 1.29 is 29.4 Å². The van der Waals surface area contributed by atoms with Crippen LogP contribution in [0.3, 0.4) is 0 Å². The summed E-state index contributed by atoms with van der Waals surface area (Å²) >= 11 is 0. The third-order valence-corrected chi connectivity index (χ3v) is 9.38. The summed E-state index contributed by atoms with van der Waals surface area (Å²) in [6.45, 7) is 0.317. The molecule has 258 valence electrons. The average Bonchev–Trinajstić information content (AvgIpc) is 3.14. The molecule has 0 aromatic heterocycles. The monoisotopic (exact) mass is 681 g/mol. The molecule has 9 heteroatoms. The van der Waals surface area contributed by atoms with Gasteiger partial charge in [-0.15, -0.1) is 0 Å². The van der Waals surface area contributed by atoms with Crippen LogP contribution in [0.2, 0.25) is 0 Å². The molecule has 1 unspecified atom stereocenters. The van der Waals surface area contributed by atoms with Crippen molar-refractivity contribution in [1.29, 1.82) is 0 Å². The number of nitrogens with zero attached hydrogens (tertiary/aromatic N) is 1. The summed E-state index contributed by atoms with van der Waals surface area (Å²) in [5.74, 6) is -3.00. The molecule has 3 amide bonds. The number of carbonyl (C=O) groups is 4. The Labute approximate surface area is 296 Å². The number of nitrogens with one attached hydrogen (secondary N) is 2. The van der Waals surface area contributed by atoms with E-state index >= 15 is 4.79 Å². The van der Waals surface area contributed by atoms with Crippen molar-refractivity contribution in [3.63, 3.8) is 0 Å². The van der Waals surface area contributed by atoms with E-state index in [2.05, 4.69) is 34.9 Å². The Balaban J connectivity index is 1.38. The first kappa shape index (κ1) is 34.6. The fraction of sp³-hybridized carbons (Fsp3) is 0.190. The highest BCUT2D eigenvalue weighted by atomic mass is 16.4. The predicted octanol–water partition coefficient (Wildman–Crippen LogP) is 7.39. The molecule has 1 aliphatic carbocycles. The number of benzene rings is 5. The Hall–Kier alpha value is -6.22. The van der Waals surface area contributed by atoms with E-state index in [-0.39, 0.29) is 30.0 Å². The lowest BCUT2D eigenvalue weighted by atomic mass is 9.75. The normalized spacial score (nSPS) is 15.5. The Morgan fingerprint density at radius 1 is 0.686 bits per heavy atom. The second-order valence-electron chi connectivity index (χ2n) is 12.8. The van der Waals surface area contributed by atoms with E-state index in [0.717, 1.165) is 48.1 Å². The first-order valence-electron chi connectivity index (χ1n) is 16.9. The number of aryl methyl sites for hydroxylation is 1. The largest absolute Gasteiger partial charge is 0.478 e. The Morgan fingerprint density at radius 3 is 1.92 bits per heavy atom. The van der Waals surface area contributed by atoms with Gasteiger partial charge in [0, 0.05) is 18.7 Å². The van der Waals surface area contributed by atoms with Gasteiger partial charge in [0.05, 0.1) is 17.2 Å². The summed E-state index contributed by atoms with van der Waals surface area (Å²) in [5.41, 5.74) is 4.48. The van der Waals surface area contributed by atoms with E-state index < -0.39 is 35.1 Å². The lowest BCUT2D eigenvalue weighted by Gasteiger charge is -2.43. The number of hydrogen-bond donors (Lipinski definition) is 4. The van der Waals surface area contributed by atoms with Gasteiger partial charge in [-0.3, -0.25) is 4.79 Å². The van der Waals surface area contributed by atoms with Crippen LogP contribution in [0.5, 0.6) is 0 Å². The minimum atomic E-state index is -1.44. The zero-order valence-electron chi connectivity index (χ0n) is 27.9. The van der Waals surface area contributed by atoms with Gasteiger partial charge in [0.15, 0.2) is 0 Å². The minimum Gasteiger partial charge on any atom is -0.478 e. The second-order valence-corrected chi connectivity index (χ2v) is 12.8. The number of fused-ring (bicyclic) bond motifs is 1. The molecule has 0 heterocycles. The smallest absolute Gasteiger partial charge is 0.336 e. The van der Waals surface area contributed by atoms with E-state index in [1.54, 1.807) is 0 Å². The minimum absolute atomic E-state index is 0.0751. The molecule has 0 radical (unpaired) electrons. The number of urea groups is 1. The zero-order valence-corrected chi connectivity index (χ0v) is 27.9. The van der Waals surface area contributed by atoms with Crippen molar-refractivity contribution in [2.75, 3.05) is 5.32 Å². The number of carboxylic acids is 2. The van der Waals surface area contributed by atoms with Gasteiger partial charge in [0.1, 0.15) is 6.04 Å². The van der Waals surface area contributed by atoms with Gasteiger partial charge in [-0.2, -0.15) is 0 Å². The second kappa shape index (κ2) is 16.0. The molecular weight excluding hydrogens is 642 g/mol. The molecule has 4 N–H and O–H groups in total. The van der Waals surface area contributed by atoms with Crippen LogP contribution in [0.15, 0.2) is 133 Å². The van der Waals surface area contributed by atoms with E-state index in [1.807, 2.05) is 95.9 Å². The molecule has 0 spiro atoms. The standard InChI is InChI=1S/C42H39N3O6/c46-39(37(25-29-14-6-2-7-15-29)44-42(51)43-33-22-23-35(40(47)48)36(26-33)41(49)50)45(27-30-16-8-3-9-17-30)38-32(24-28-12-4-1-5-13-28)21-20-31-18-10-11-19-34(31)38/h1-19,22-23,26,32,37-38H,20-21,24-25,27H2,(H,47,48)(H,49,50)(H2,43,44,51)/t32-,37?,38-/m0/s1. The van der Waals surface area contributed by atoms with Gasteiger partial charge in [0.25, 0.3) is 0 Å². The summed E-state index contributed by atoms with van der Waals surface area (Å²) in [7, 11) is 0. The fourth-order valence-electron chi connectivity index (χ4n) is 7.01. The fourth-order valence-corrected chi connectivity index (χ4v) is 7.01. The third kappa shape index (κ3) is 8.51. The first-order valence-corrected chi connectivity index (χ1v) is 16.9. The maximum Gasteiger partial charge on any atom is 0.336 e. The summed E-state index contributed by atoms with van der Waals surface area (Å²) in [6, 6.07) is 39.3. The molecule has 5 aromatic carbocycles. The zero-order chi connectivity index (χ0) is 35.7. The van der Waals surface area contributed by atoms with Gasteiger partial charge < -0.3 is 25.7 Å². The van der Waals surface area contributed by atoms with Gasteiger partial charge in [-0.25, -0.2) is 14.4 Å². The van der Waals surface area contributed by atoms with Crippen LogP contribution >= 0.6 is 0 Å². The molecule has 3 atom stereocenters. The number of hydrogen-bond acceptors (Lipinski definition) is 4. The molecular formula is C42H39N3O6. The van der Waals surface area contributed by atoms with Gasteiger partial charge in [-0.1, -0.05) is 115 Å². The van der Waals surface area contributed by atoms with Crippen molar-refractivity contribution in [1.82, 2.24) is 10.2 Å². The van der Waals surface area contributed by atoms with Crippen molar-refractivity contribution in [3.05, 3.63) is 172 Å². The average molecular weight is 682 g/mol. The third-order valence-electron chi connectivity index (χ3n) is 9.38. The molecule has 0 aliphatic heterocycles. The van der Waals surface area contributed by atoms with Crippen LogP contribution in [0, 0.1) is 5.92 Å². The van der Waals surface area contributed by atoms with Crippen LogP contribution in [0.1, 0.15) is 61.0 Å². The Morgan fingerprint density at radius 2 is 1.27 bits per heavy atom. The molecule has 0 bridgehead atoms. The highest BCUT2D eigenvalue weighted by Crippen LogP contribution is 2.41. The van der Waals surface area contributed by atoms with Crippen LogP contribution < -0.4 is 10.6 Å². The Kier molecular flexibility index (Phi) is 10.9. The quantitative estimate of drug-likeness (QED) is 0.108. The topological polar surface area (TPSA) is 136 Å². The van der Waals surface area contributed by atoms with E-state index in [0.29, 0.717) is 6.54 Å². The van der Waals surface area contributed by atoms with Crippen molar-refractivity contribution >= 4 is 29.6 Å². The molecule has 0 saturated carbocycles. The lowest BCUT2D eigenvalue weighted by molar-refractivity contribution is -0.138. The molecule has 5 aromatic rings. The number of aromatic carboxylic acids is 2. The molecule has 51 heavy (non-hydrogen) atoms. The summed E-state index contributed by atoms with van der Waals surface area (Å²) in [6.07, 6.45) is 2.75. The number of carbonyl (C=O) groups excluding carboxylic acids is 2. The summed E-state index contributed by atoms with van der Waals surface area (Å²) in [5, 5.41) is 24.5. The predicted molar refractivity (Wildman–Crippen MR) is 195 cm³/mol. The van der Waals surface area contributed by atoms with Crippen molar-refractivity contribution in [2.24, 2.45) is 5.92 Å². The highest BCUT2D eigenvalue weighted by molar-refractivity contribution is 6.03. The van der Waals surface area contributed by atoms with Crippen LogP contribution in [0.4, 0.5) is 10.5 Å². The number of amides is 3. The lowest BCUT2D eigenvalue weighted by Crippen LogP contribution is -2.53. The van der Waals surface area contributed by atoms with Gasteiger partial charge >= 0.3 is 18.0 Å². The maximum atomic E-state index is 15.2. The first-order chi connectivity index (χ1) is 24.8. The molecule has 0 saturated heterocycles. The van der Waals surface area contributed by atoms with E-state index in [1.165, 1.54) is 17.2 Å². The van der Waals surface area contributed by atoms with Gasteiger partial charge in [0.2, 0.25) is 5.91 Å².